The number of rotatable bonds is 6. The SMILES string of the molecule is Cc1ccc(C(C)NC(=O)N[C@@H](CCO)C(=O)O)cc1. The van der Waals surface area contributed by atoms with Crippen LogP contribution >= 0.6 is 0 Å². The maximum absolute atomic E-state index is 11.7. The van der Waals surface area contributed by atoms with E-state index in [1.165, 1.54) is 0 Å². The number of benzene rings is 1. The molecule has 6 nitrogen and oxygen atoms in total. The van der Waals surface area contributed by atoms with E-state index in [9.17, 15) is 9.59 Å². The summed E-state index contributed by atoms with van der Waals surface area (Å²) >= 11 is 0. The highest BCUT2D eigenvalue weighted by Crippen LogP contribution is 2.12. The molecule has 0 saturated carbocycles. The van der Waals surface area contributed by atoms with Gasteiger partial charge >= 0.3 is 12.0 Å². The van der Waals surface area contributed by atoms with Crippen molar-refractivity contribution in [2.75, 3.05) is 6.61 Å². The number of urea groups is 1. The number of carboxylic acids is 1. The second kappa shape index (κ2) is 7.49. The lowest BCUT2D eigenvalue weighted by Crippen LogP contribution is -2.47. The second-order valence-corrected chi connectivity index (χ2v) is 4.65. The molecule has 0 aliphatic rings. The molecule has 0 bridgehead atoms. The zero-order valence-corrected chi connectivity index (χ0v) is 11.6. The maximum atomic E-state index is 11.7. The Balaban J connectivity index is 2.56. The second-order valence-electron chi connectivity index (χ2n) is 4.65. The quantitative estimate of drug-likeness (QED) is 0.629. The van der Waals surface area contributed by atoms with Gasteiger partial charge in [0.2, 0.25) is 0 Å². The lowest BCUT2D eigenvalue weighted by atomic mass is 10.1. The molecule has 1 rings (SSSR count). The average Bonchev–Trinajstić information content (AvgIpc) is 2.38. The minimum atomic E-state index is -1.17. The Labute approximate surface area is 117 Å². The number of nitrogens with one attached hydrogen (secondary N) is 2. The van der Waals surface area contributed by atoms with Crippen molar-refractivity contribution in [3.8, 4) is 0 Å². The fourth-order valence-corrected chi connectivity index (χ4v) is 1.72. The van der Waals surface area contributed by atoms with Gasteiger partial charge in [-0.1, -0.05) is 29.8 Å². The van der Waals surface area contributed by atoms with Crippen molar-refractivity contribution in [3.05, 3.63) is 35.4 Å². The number of carbonyl (C=O) groups is 2. The van der Waals surface area contributed by atoms with Crippen molar-refractivity contribution in [3.63, 3.8) is 0 Å². The normalized spacial score (nSPS) is 13.3. The van der Waals surface area contributed by atoms with Gasteiger partial charge in [0, 0.05) is 13.0 Å². The summed E-state index contributed by atoms with van der Waals surface area (Å²) in [4.78, 5) is 22.6. The third-order valence-electron chi connectivity index (χ3n) is 2.95. The molecule has 20 heavy (non-hydrogen) atoms. The van der Waals surface area contributed by atoms with Gasteiger partial charge < -0.3 is 20.8 Å². The van der Waals surface area contributed by atoms with Gasteiger partial charge in [-0.3, -0.25) is 0 Å². The highest BCUT2D eigenvalue weighted by Gasteiger charge is 2.20. The van der Waals surface area contributed by atoms with E-state index >= 15 is 0 Å². The molecule has 0 fully saturated rings. The number of aryl methyl sites for hydroxylation is 1. The van der Waals surface area contributed by atoms with Crippen LogP contribution in [0.15, 0.2) is 24.3 Å². The van der Waals surface area contributed by atoms with Crippen LogP contribution in [-0.2, 0) is 4.79 Å². The third-order valence-corrected chi connectivity index (χ3v) is 2.95. The van der Waals surface area contributed by atoms with Gasteiger partial charge in [0.25, 0.3) is 0 Å². The van der Waals surface area contributed by atoms with Gasteiger partial charge in [0.05, 0.1) is 6.04 Å². The van der Waals surface area contributed by atoms with Gasteiger partial charge in [-0.25, -0.2) is 9.59 Å². The fourth-order valence-electron chi connectivity index (χ4n) is 1.72. The van der Waals surface area contributed by atoms with Crippen molar-refractivity contribution >= 4 is 12.0 Å². The molecular weight excluding hydrogens is 260 g/mol. The van der Waals surface area contributed by atoms with Crippen molar-refractivity contribution in [1.82, 2.24) is 10.6 Å². The number of hydrogen-bond donors (Lipinski definition) is 4. The number of hydrogen-bond acceptors (Lipinski definition) is 3. The Morgan fingerprint density at radius 3 is 2.30 bits per heavy atom. The lowest BCUT2D eigenvalue weighted by molar-refractivity contribution is -0.139. The molecule has 0 aromatic heterocycles. The first-order valence-corrected chi connectivity index (χ1v) is 6.41. The number of amides is 2. The number of aliphatic hydroxyl groups is 1. The molecule has 110 valence electrons. The predicted molar refractivity (Wildman–Crippen MR) is 74.4 cm³/mol. The Kier molecular flexibility index (Phi) is 5.99. The molecule has 0 aliphatic heterocycles. The summed E-state index contributed by atoms with van der Waals surface area (Å²) in [7, 11) is 0. The van der Waals surface area contributed by atoms with Crippen LogP contribution in [0.4, 0.5) is 4.79 Å². The zero-order valence-electron chi connectivity index (χ0n) is 11.6. The van der Waals surface area contributed by atoms with Gasteiger partial charge in [-0.05, 0) is 19.4 Å². The van der Waals surface area contributed by atoms with Gasteiger partial charge in [-0.2, -0.15) is 0 Å². The molecule has 1 unspecified atom stereocenters. The van der Waals surface area contributed by atoms with Crippen LogP contribution in [0.2, 0.25) is 0 Å². The Bertz CT molecular complexity index is 459. The lowest BCUT2D eigenvalue weighted by Gasteiger charge is -2.18. The van der Waals surface area contributed by atoms with E-state index < -0.39 is 18.0 Å². The summed E-state index contributed by atoms with van der Waals surface area (Å²) in [6, 6.07) is 5.79. The van der Waals surface area contributed by atoms with E-state index in [0.717, 1.165) is 11.1 Å². The molecule has 4 N–H and O–H groups in total. The summed E-state index contributed by atoms with van der Waals surface area (Å²) in [5, 5.41) is 22.6. The molecular formula is C14H20N2O4. The van der Waals surface area contributed by atoms with Crippen molar-refractivity contribution < 1.29 is 19.8 Å². The van der Waals surface area contributed by atoms with Gasteiger partial charge in [-0.15, -0.1) is 0 Å². The van der Waals surface area contributed by atoms with Crippen LogP contribution in [0.5, 0.6) is 0 Å². The summed E-state index contributed by atoms with van der Waals surface area (Å²) in [6.07, 6.45) is -0.0261. The molecule has 6 heteroatoms. The summed E-state index contributed by atoms with van der Waals surface area (Å²) < 4.78 is 0. The van der Waals surface area contributed by atoms with E-state index in [0.29, 0.717) is 0 Å². The Hall–Kier alpha value is -2.08. The average molecular weight is 280 g/mol. The number of carbonyl (C=O) groups excluding carboxylic acids is 1. The number of aliphatic carboxylic acids is 1. The van der Waals surface area contributed by atoms with E-state index in [1.54, 1.807) is 0 Å². The molecule has 0 aliphatic carbocycles. The van der Waals surface area contributed by atoms with E-state index in [-0.39, 0.29) is 19.1 Å². The van der Waals surface area contributed by atoms with Crippen LogP contribution in [0.1, 0.15) is 30.5 Å². The van der Waals surface area contributed by atoms with Gasteiger partial charge in [0.1, 0.15) is 6.04 Å². The third kappa shape index (κ3) is 4.89. The standard InChI is InChI=1S/C14H20N2O4/c1-9-3-5-11(6-4-9)10(2)15-14(20)16-12(7-8-17)13(18)19/h3-6,10,12,17H,7-8H2,1-2H3,(H,18,19)(H2,15,16,20)/t10?,12-/m0/s1. The summed E-state index contributed by atoms with van der Waals surface area (Å²) in [5.74, 6) is -1.17. The fraction of sp³-hybridized carbons (Fsp3) is 0.429. The van der Waals surface area contributed by atoms with Crippen LogP contribution in [0.25, 0.3) is 0 Å². The molecule has 1 aromatic carbocycles. The van der Waals surface area contributed by atoms with Crippen LogP contribution in [0, 0.1) is 6.92 Å². The topological polar surface area (TPSA) is 98.7 Å². The van der Waals surface area contributed by atoms with Crippen molar-refractivity contribution in [1.29, 1.82) is 0 Å². The largest absolute Gasteiger partial charge is 0.480 e. The minimum Gasteiger partial charge on any atom is -0.480 e. The van der Waals surface area contributed by atoms with E-state index in [1.807, 2.05) is 38.1 Å². The minimum absolute atomic E-state index is 0.0261. The van der Waals surface area contributed by atoms with Crippen molar-refractivity contribution in [2.24, 2.45) is 0 Å². The van der Waals surface area contributed by atoms with Crippen LogP contribution in [0.3, 0.4) is 0 Å². The highest BCUT2D eigenvalue weighted by atomic mass is 16.4. The van der Waals surface area contributed by atoms with E-state index in [2.05, 4.69) is 10.6 Å². The number of aliphatic hydroxyl groups excluding tert-OH is 1. The highest BCUT2D eigenvalue weighted by molar-refractivity contribution is 5.82. The maximum Gasteiger partial charge on any atom is 0.326 e. The first-order valence-electron chi connectivity index (χ1n) is 6.41. The zero-order chi connectivity index (χ0) is 15.1. The molecule has 2 atom stereocenters. The molecule has 1 aromatic rings. The smallest absolute Gasteiger partial charge is 0.326 e. The Morgan fingerprint density at radius 1 is 1.20 bits per heavy atom. The first-order chi connectivity index (χ1) is 9.43. The van der Waals surface area contributed by atoms with Gasteiger partial charge in [0.15, 0.2) is 0 Å². The van der Waals surface area contributed by atoms with Crippen LogP contribution < -0.4 is 10.6 Å². The summed E-state index contributed by atoms with van der Waals surface area (Å²) in [5.41, 5.74) is 2.05. The molecule has 2 amide bonds. The molecule has 0 saturated heterocycles. The van der Waals surface area contributed by atoms with E-state index in [4.69, 9.17) is 10.2 Å². The monoisotopic (exact) mass is 280 g/mol. The first kappa shape index (κ1) is 16.0. The molecule has 0 radical (unpaired) electrons. The Morgan fingerprint density at radius 2 is 1.80 bits per heavy atom. The molecule has 0 spiro atoms. The molecule has 0 heterocycles. The summed E-state index contributed by atoms with van der Waals surface area (Å²) in [6.45, 7) is 3.48. The van der Waals surface area contributed by atoms with Crippen LogP contribution in [-0.4, -0.2) is 34.9 Å². The number of carboxylic acid groups (broad SMARTS) is 1. The van der Waals surface area contributed by atoms with Crippen molar-refractivity contribution in [2.45, 2.75) is 32.4 Å². The predicted octanol–water partition coefficient (Wildman–Crippen LogP) is 1.19.